The second-order valence-corrected chi connectivity index (χ2v) is 17.2. The van der Waals surface area contributed by atoms with Gasteiger partial charge in [-0.1, -0.05) is 173 Å². The highest BCUT2D eigenvalue weighted by Gasteiger charge is 2.27. The molecule has 0 aromatic rings. The molecule has 0 radical (unpaired) electrons. The van der Waals surface area contributed by atoms with Gasteiger partial charge < -0.3 is 24.6 Å². The predicted octanol–water partition coefficient (Wildman–Crippen LogP) is 12.6. The summed E-state index contributed by atoms with van der Waals surface area (Å²) in [7, 11) is -4.62. The van der Waals surface area contributed by atoms with Gasteiger partial charge in [-0.05, 0) is 57.8 Å². The van der Waals surface area contributed by atoms with E-state index in [9.17, 15) is 24.2 Å². The zero-order chi connectivity index (χ0) is 41.9. The fourth-order valence-electron chi connectivity index (χ4n) is 6.44. The van der Waals surface area contributed by atoms with E-state index in [0.29, 0.717) is 12.8 Å². The first kappa shape index (κ1) is 55.5. The van der Waals surface area contributed by atoms with Gasteiger partial charge in [0.05, 0.1) is 19.8 Å². The molecule has 0 heterocycles. The Morgan fingerprint density at radius 3 is 1.32 bits per heavy atom. The van der Waals surface area contributed by atoms with E-state index in [0.717, 1.165) is 38.5 Å². The summed E-state index contributed by atoms with van der Waals surface area (Å²) in [6, 6.07) is 0. The first-order valence-electron chi connectivity index (χ1n) is 23.3. The number of aliphatic hydroxyl groups excluding tert-OH is 2. The standard InChI is InChI=1S/C46H87O10P/c1-3-5-7-9-11-13-15-17-19-20-21-22-24-25-27-29-31-33-35-37-45(49)53-41-44(42-55-57(51,52)54-40-43(48)39-47)56-46(50)38-36-34-32-30-28-26-23-18-16-14-12-10-8-6-4-2/h10,12,17,19,43-44,47-48H,3-9,11,13-16,18,20-42H2,1-2H3,(H,51,52)/b12-10+,19-17+/t43-,44+/m0/s1. The molecule has 0 saturated heterocycles. The molecular formula is C46H87O10P. The van der Waals surface area contributed by atoms with E-state index in [1.54, 1.807) is 0 Å². The summed E-state index contributed by atoms with van der Waals surface area (Å²) in [6.07, 6.45) is 42.8. The predicted molar refractivity (Wildman–Crippen MR) is 233 cm³/mol. The van der Waals surface area contributed by atoms with Crippen LogP contribution in [0, 0.1) is 0 Å². The molecule has 336 valence electrons. The number of phosphoric acid groups is 1. The summed E-state index contributed by atoms with van der Waals surface area (Å²) in [5.74, 6) is -0.922. The van der Waals surface area contributed by atoms with Crippen LogP contribution in [0.4, 0.5) is 0 Å². The zero-order valence-corrected chi connectivity index (χ0v) is 37.5. The Morgan fingerprint density at radius 1 is 0.509 bits per heavy atom. The Bertz CT molecular complexity index is 1000. The van der Waals surface area contributed by atoms with Crippen LogP contribution in [0.2, 0.25) is 0 Å². The lowest BCUT2D eigenvalue weighted by molar-refractivity contribution is -0.161. The van der Waals surface area contributed by atoms with Crippen molar-refractivity contribution in [3.05, 3.63) is 24.3 Å². The number of carbonyl (C=O) groups excluding carboxylic acids is 2. The third-order valence-electron chi connectivity index (χ3n) is 10.1. The first-order valence-corrected chi connectivity index (χ1v) is 24.8. The van der Waals surface area contributed by atoms with E-state index < -0.39 is 51.8 Å². The molecule has 3 N–H and O–H groups in total. The lowest BCUT2D eigenvalue weighted by Crippen LogP contribution is -2.29. The molecular weight excluding hydrogens is 743 g/mol. The van der Waals surface area contributed by atoms with Crippen molar-refractivity contribution in [2.24, 2.45) is 0 Å². The SMILES string of the molecule is CCCC/C=C/CCCCCCCCCCCC(=O)O[C@H](COC(=O)CCCCCCCCCCC/C=C/CCCCCCCC)COP(=O)(O)OC[C@@H](O)CO. The lowest BCUT2D eigenvalue weighted by Gasteiger charge is -2.20. The van der Waals surface area contributed by atoms with Crippen molar-refractivity contribution in [3.8, 4) is 0 Å². The van der Waals surface area contributed by atoms with Crippen LogP contribution in [0.5, 0.6) is 0 Å². The number of phosphoric ester groups is 1. The second-order valence-electron chi connectivity index (χ2n) is 15.8. The minimum Gasteiger partial charge on any atom is -0.462 e. The maximum Gasteiger partial charge on any atom is 0.472 e. The van der Waals surface area contributed by atoms with E-state index in [4.69, 9.17) is 23.6 Å². The summed E-state index contributed by atoms with van der Waals surface area (Å²) in [5, 5.41) is 18.4. The van der Waals surface area contributed by atoms with Crippen LogP contribution in [0.15, 0.2) is 24.3 Å². The minimum absolute atomic E-state index is 0.183. The van der Waals surface area contributed by atoms with Crippen molar-refractivity contribution in [2.75, 3.05) is 26.4 Å². The van der Waals surface area contributed by atoms with E-state index >= 15 is 0 Å². The zero-order valence-electron chi connectivity index (χ0n) is 36.6. The minimum atomic E-state index is -4.62. The smallest absolute Gasteiger partial charge is 0.462 e. The molecule has 0 aliphatic heterocycles. The Morgan fingerprint density at radius 2 is 0.877 bits per heavy atom. The Balaban J connectivity index is 4.21. The van der Waals surface area contributed by atoms with Crippen LogP contribution in [-0.2, 0) is 32.7 Å². The molecule has 0 aromatic carbocycles. The number of esters is 2. The van der Waals surface area contributed by atoms with Gasteiger partial charge in [0.25, 0.3) is 0 Å². The van der Waals surface area contributed by atoms with Gasteiger partial charge in [0, 0.05) is 12.8 Å². The summed E-state index contributed by atoms with van der Waals surface area (Å²) < 4.78 is 32.8. The van der Waals surface area contributed by atoms with E-state index in [-0.39, 0.29) is 19.4 Å². The number of aliphatic hydroxyl groups is 2. The molecule has 0 amide bonds. The van der Waals surface area contributed by atoms with Gasteiger partial charge in [0.2, 0.25) is 0 Å². The van der Waals surface area contributed by atoms with Crippen molar-refractivity contribution < 1.29 is 47.8 Å². The van der Waals surface area contributed by atoms with Crippen molar-refractivity contribution in [2.45, 2.75) is 232 Å². The molecule has 3 atom stereocenters. The summed E-state index contributed by atoms with van der Waals surface area (Å²) in [6.45, 7) is 2.37. The molecule has 0 aliphatic carbocycles. The van der Waals surface area contributed by atoms with Crippen LogP contribution in [0.3, 0.4) is 0 Å². The van der Waals surface area contributed by atoms with E-state index in [1.165, 1.54) is 141 Å². The third kappa shape index (κ3) is 42.4. The monoisotopic (exact) mass is 831 g/mol. The lowest BCUT2D eigenvalue weighted by atomic mass is 10.1. The molecule has 57 heavy (non-hydrogen) atoms. The van der Waals surface area contributed by atoms with Crippen molar-refractivity contribution in [1.29, 1.82) is 0 Å². The first-order chi connectivity index (χ1) is 27.7. The number of carbonyl (C=O) groups is 2. The van der Waals surface area contributed by atoms with Gasteiger partial charge in [-0.3, -0.25) is 18.6 Å². The molecule has 0 aliphatic rings. The average Bonchev–Trinajstić information content (AvgIpc) is 3.20. The summed E-state index contributed by atoms with van der Waals surface area (Å²) in [4.78, 5) is 35.0. The number of hydrogen-bond acceptors (Lipinski definition) is 9. The number of allylic oxidation sites excluding steroid dienone is 4. The van der Waals surface area contributed by atoms with Crippen LogP contribution >= 0.6 is 7.82 Å². The van der Waals surface area contributed by atoms with Gasteiger partial charge in [-0.15, -0.1) is 0 Å². The van der Waals surface area contributed by atoms with E-state index in [1.807, 2.05) is 0 Å². The topological polar surface area (TPSA) is 149 Å². The van der Waals surface area contributed by atoms with Crippen LogP contribution < -0.4 is 0 Å². The van der Waals surface area contributed by atoms with Crippen LogP contribution in [-0.4, -0.2) is 65.7 Å². The number of rotatable bonds is 44. The van der Waals surface area contributed by atoms with Gasteiger partial charge in [0.15, 0.2) is 6.10 Å². The highest BCUT2D eigenvalue weighted by molar-refractivity contribution is 7.47. The third-order valence-corrected chi connectivity index (χ3v) is 11.0. The molecule has 0 bridgehead atoms. The normalized spacial score (nSPS) is 14.0. The molecule has 0 fully saturated rings. The number of unbranched alkanes of at least 4 members (excludes halogenated alkanes) is 26. The van der Waals surface area contributed by atoms with Gasteiger partial charge >= 0.3 is 19.8 Å². The molecule has 0 aromatic heterocycles. The quantitative estimate of drug-likeness (QED) is 0.0234. The highest BCUT2D eigenvalue weighted by atomic mass is 31.2. The molecule has 0 spiro atoms. The Kier molecular flexibility index (Phi) is 41.4. The van der Waals surface area contributed by atoms with Crippen LogP contribution in [0.1, 0.15) is 219 Å². The van der Waals surface area contributed by atoms with Crippen molar-refractivity contribution >= 4 is 19.8 Å². The fraction of sp³-hybridized carbons (Fsp3) is 0.870. The van der Waals surface area contributed by atoms with Gasteiger partial charge in [-0.25, -0.2) is 4.57 Å². The molecule has 0 rings (SSSR count). The summed E-state index contributed by atoms with van der Waals surface area (Å²) >= 11 is 0. The average molecular weight is 831 g/mol. The maximum absolute atomic E-state index is 12.6. The van der Waals surface area contributed by atoms with E-state index in [2.05, 4.69) is 38.2 Å². The molecule has 10 nitrogen and oxygen atoms in total. The second kappa shape index (κ2) is 42.6. The fourth-order valence-corrected chi connectivity index (χ4v) is 7.23. The largest absolute Gasteiger partial charge is 0.472 e. The van der Waals surface area contributed by atoms with Gasteiger partial charge in [0.1, 0.15) is 12.7 Å². The van der Waals surface area contributed by atoms with Crippen LogP contribution in [0.25, 0.3) is 0 Å². The molecule has 1 unspecified atom stereocenters. The highest BCUT2D eigenvalue weighted by Crippen LogP contribution is 2.43. The van der Waals surface area contributed by atoms with Gasteiger partial charge in [-0.2, -0.15) is 0 Å². The Hall–Kier alpha value is -1.55. The maximum atomic E-state index is 12.6. The molecule has 11 heteroatoms. The van der Waals surface area contributed by atoms with Crippen molar-refractivity contribution in [1.82, 2.24) is 0 Å². The number of ether oxygens (including phenoxy) is 2. The van der Waals surface area contributed by atoms with Crippen molar-refractivity contribution in [3.63, 3.8) is 0 Å². The Labute approximate surface area is 348 Å². The molecule has 0 saturated carbocycles. The number of hydrogen-bond donors (Lipinski definition) is 3. The summed E-state index contributed by atoms with van der Waals surface area (Å²) in [5.41, 5.74) is 0.